The summed E-state index contributed by atoms with van der Waals surface area (Å²) < 4.78 is 0. The van der Waals surface area contributed by atoms with Crippen LogP contribution in [0.2, 0.25) is 0 Å². The van der Waals surface area contributed by atoms with Crippen molar-refractivity contribution in [3.8, 4) is 0 Å². The van der Waals surface area contributed by atoms with Crippen LogP contribution in [-0.2, 0) is 0 Å². The lowest BCUT2D eigenvalue weighted by molar-refractivity contribution is 0.131. The highest BCUT2D eigenvalue weighted by molar-refractivity contribution is 7.80. The molecule has 110 valence electrons. The Kier molecular flexibility index (Phi) is 5.85. The standard InChI is InChI=1S/C14H27N3OS/c15-13(18)16-14(19)17(11-7-3-1-4-8-11)12-9-5-2-6-10-12/h11-13,18H,1-10,15H2,(H,16,19). The van der Waals surface area contributed by atoms with E-state index < -0.39 is 6.35 Å². The number of nitrogens with two attached hydrogens (primary N) is 1. The minimum atomic E-state index is -1.05. The molecule has 0 radical (unpaired) electrons. The highest BCUT2D eigenvalue weighted by Gasteiger charge is 2.30. The third kappa shape index (κ3) is 4.29. The fourth-order valence-electron chi connectivity index (χ4n) is 3.55. The summed E-state index contributed by atoms with van der Waals surface area (Å²) in [6.45, 7) is 0. The fraction of sp³-hybridized carbons (Fsp3) is 0.929. The van der Waals surface area contributed by atoms with Gasteiger partial charge in [-0.1, -0.05) is 38.5 Å². The molecule has 0 bridgehead atoms. The molecular weight excluding hydrogens is 258 g/mol. The van der Waals surface area contributed by atoms with Crippen LogP contribution in [0.4, 0.5) is 0 Å². The van der Waals surface area contributed by atoms with E-state index in [0.717, 1.165) is 0 Å². The molecule has 0 aromatic carbocycles. The van der Waals surface area contributed by atoms with Crippen LogP contribution in [0.1, 0.15) is 64.2 Å². The molecule has 4 nitrogen and oxygen atoms in total. The molecule has 0 heterocycles. The molecule has 2 aliphatic rings. The molecule has 2 fully saturated rings. The molecule has 2 rings (SSSR count). The van der Waals surface area contributed by atoms with Gasteiger partial charge in [0.1, 0.15) is 0 Å². The number of rotatable bonds is 3. The summed E-state index contributed by atoms with van der Waals surface area (Å²) in [4.78, 5) is 2.36. The zero-order valence-corrected chi connectivity index (χ0v) is 12.5. The Labute approximate surface area is 121 Å². The van der Waals surface area contributed by atoms with Crippen LogP contribution in [0.15, 0.2) is 0 Å². The zero-order valence-electron chi connectivity index (χ0n) is 11.7. The zero-order chi connectivity index (χ0) is 13.7. The van der Waals surface area contributed by atoms with Gasteiger partial charge in [-0.05, 0) is 37.9 Å². The van der Waals surface area contributed by atoms with E-state index >= 15 is 0 Å². The third-order valence-corrected chi connectivity index (χ3v) is 4.77. The summed E-state index contributed by atoms with van der Waals surface area (Å²) in [5.41, 5.74) is 5.42. The molecule has 2 saturated carbocycles. The van der Waals surface area contributed by atoms with E-state index in [0.29, 0.717) is 17.2 Å². The molecule has 4 N–H and O–H groups in total. The highest BCUT2D eigenvalue weighted by Crippen LogP contribution is 2.30. The summed E-state index contributed by atoms with van der Waals surface area (Å²) in [7, 11) is 0. The molecule has 0 amide bonds. The Balaban J connectivity index is 2.04. The maximum absolute atomic E-state index is 9.32. The Morgan fingerprint density at radius 2 is 1.42 bits per heavy atom. The van der Waals surface area contributed by atoms with Crippen molar-refractivity contribution in [2.75, 3.05) is 0 Å². The number of thiocarbonyl (C=S) groups is 1. The first-order valence-electron chi connectivity index (χ1n) is 7.71. The van der Waals surface area contributed by atoms with Crippen LogP contribution in [0, 0.1) is 0 Å². The Morgan fingerprint density at radius 3 is 1.79 bits per heavy atom. The molecular formula is C14H27N3OS. The van der Waals surface area contributed by atoms with Crippen molar-refractivity contribution in [3.05, 3.63) is 0 Å². The van der Waals surface area contributed by atoms with Crippen LogP contribution < -0.4 is 11.1 Å². The molecule has 1 atom stereocenters. The molecule has 5 heteroatoms. The van der Waals surface area contributed by atoms with Crippen molar-refractivity contribution in [1.29, 1.82) is 0 Å². The van der Waals surface area contributed by atoms with Gasteiger partial charge in [0, 0.05) is 12.1 Å². The first-order chi connectivity index (χ1) is 9.18. The summed E-state index contributed by atoms with van der Waals surface area (Å²) in [6.07, 6.45) is 11.7. The molecule has 0 aliphatic heterocycles. The smallest absolute Gasteiger partial charge is 0.180 e. The van der Waals surface area contributed by atoms with Gasteiger partial charge in [0.25, 0.3) is 0 Å². The lowest BCUT2D eigenvalue weighted by atomic mass is 9.89. The summed E-state index contributed by atoms with van der Waals surface area (Å²) >= 11 is 5.49. The Morgan fingerprint density at radius 1 is 1.00 bits per heavy atom. The quantitative estimate of drug-likeness (QED) is 0.547. The second-order valence-electron chi connectivity index (χ2n) is 5.89. The second kappa shape index (κ2) is 7.41. The van der Waals surface area contributed by atoms with Crippen LogP contribution >= 0.6 is 12.2 Å². The van der Waals surface area contributed by atoms with E-state index in [1.807, 2.05) is 0 Å². The average molecular weight is 285 g/mol. The van der Waals surface area contributed by atoms with Gasteiger partial charge in [0.15, 0.2) is 11.5 Å². The predicted octanol–water partition coefficient (Wildman–Crippen LogP) is 2.06. The number of aliphatic hydroxyl groups is 1. The van der Waals surface area contributed by atoms with E-state index in [2.05, 4.69) is 10.2 Å². The van der Waals surface area contributed by atoms with E-state index in [9.17, 15) is 5.11 Å². The summed E-state index contributed by atoms with van der Waals surface area (Å²) in [6, 6.07) is 1.08. The minimum Gasteiger partial charge on any atom is -0.361 e. The van der Waals surface area contributed by atoms with Crippen molar-refractivity contribution in [3.63, 3.8) is 0 Å². The van der Waals surface area contributed by atoms with Gasteiger partial charge >= 0.3 is 0 Å². The Hall–Kier alpha value is -0.390. The van der Waals surface area contributed by atoms with E-state index in [1.54, 1.807) is 0 Å². The normalized spacial score (nSPS) is 23.9. The number of hydrogen-bond donors (Lipinski definition) is 3. The van der Waals surface area contributed by atoms with Crippen molar-refractivity contribution < 1.29 is 5.11 Å². The van der Waals surface area contributed by atoms with Crippen LogP contribution in [0.25, 0.3) is 0 Å². The van der Waals surface area contributed by atoms with Crippen molar-refractivity contribution in [2.24, 2.45) is 5.73 Å². The van der Waals surface area contributed by atoms with Gasteiger partial charge < -0.3 is 15.3 Å². The monoisotopic (exact) mass is 285 g/mol. The van der Waals surface area contributed by atoms with Gasteiger partial charge in [-0.2, -0.15) is 0 Å². The molecule has 0 spiro atoms. The van der Waals surface area contributed by atoms with Crippen molar-refractivity contribution >= 4 is 17.3 Å². The van der Waals surface area contributed by atoms with Crippen molar-refractivity contribution in [1.82, 2.24) is 10.2 Å². The van der Waals surface area contributed by atoms with Gasteiger partial charge in [0.2, 0.25) is 0 Å². The van der Waals surface area contributed by atoms with Gasteiger partial charge in [0.05, 0.1) is 0 Å². The number of nitrogens with one attached hydrogen (secondary N) is 1. The molecule has 0 aromatic heterocycles. The second-order valence-corrected chi connectivity index (χ2v) is 6.27. The van der Waals surface area contributed by atoms with Crippen LogP contribution in [0.5, 0.6) is 0 Å². The Bertz CT molecular complexity index is 268. The lowest BCUT2D eigenvalue weighted by Gasteiger charge is -2.43. The largest absolute Gasteiger partial charge is 0.361 e. The molecule has 0 aromatic rings. The van der Waals surface area contributed by atoms with Crippen molar-refractivity contribution in [2.45, 2.75) is 82.6 Å². The molecule has 1 unspecified atom stereocenters. The van der Waals surface area contributed by atoms with E-state index in [4.69, 9.17) is 18.0 Å². The fourth-order valence-corrected chi connectivity index (χ4v) is 3.97. The maximum atomic E-state index is 9.32. The SMILES string of the molecule is NC(O)NC(=S)N(C1CCCCC1)C1CCCCC1. The maximum Gasteiger partial charge on any atom is 0.180 e. The lowest BCUT2D eigenvalue weighted by Crippen LogP contribution is -2.56. The molecule has 0 saturated heterocycles. The van der Waals surface area contributed by atoms with E-state index in [1.165, 1.54) is 64.2 Å². The van der Waals surface area contributed by atoms with Crippen LogP contribution in [0.3, 0.4) is 0 Å². The topological polar surface area (TPSA) is 61.5 Å². The first kappa shape index (κ1) is 15.0. The highest BCUT2D eigenvalue weighted by atomic mass is 32.1. The minimum absolute atomic E-state index is 0.538. The average Bonchev–Trinajstić information content (AvgIpc) is 2.40. The van der Waals surface area contributed by atoms with E-state index in [-0.39, 0.29) is 0 Å². The van der Waals surface area contributed by atoms with Crippen LogP contribution in [-0.4, -0.2) is 33.6 Å². The predicted molar refractivity (Wildman–Crippen MR) is 81.5 cm³/mol. The van der Waals surface area contributed by atoms with Gasteiger partial charge in [-0.15, -0.1) is 0 Å². The molecule has 19 heavy (non-hydrogen) atoms. The van der Waals surface area contributed by atoms with Gasteiger partial charge in [-0.3, -0.25) is 5.73 Å². The number of aliphatic hydroxyl groups excluding tert-OH is 1. The third-order valence-electron chi connectivity index (χ3n) is 4.44. The summed E-state index contributed by atoms with van der Waals surface area (Å²) in [5.74, 6) is 0. The number of hydrogen-bond acceptors (Lipinski definition) is 3. The summed E-state index contributed by atoms with van der Waals surface area (Å²) in [5, 5.41) is 12.8. The van der Waals surface area contributed by atoms with Gasteiger partial charge in [-0.25, -0.2) is 0 Å². The number of nitrogens with zero attached hydrogens (tertiary/aromatic N) is 1. The molecule has 2 aliphatic carbocycles. The first-order valence-corrected chi connectivity index (χ1v) is 8.12.